The molecule has 0 saturated heterocycles. The summed E-state index contributed by atoms with van der Waals surface area (Å²) in [5.41, 5.74) is 2.14. The summed E-state index contributed by atoms with van der Waals surface area (Å²) in [4.78, 5) is 14.7. The van der Waals surface area contributed by atoms with E-state index in [0.29, 0.717) is 0 Å². The van der Waals surface area contributed by atoms with Gasteiger partial charge in [0, 0.05) is 18.8 Å². The van der Waals surface area contributed by atoms with Crippen LogP contribution in [-0.4, -0.2) is 35.3 Å². The number of amidine groups is 1. The Bertz CT molecular complexity index is 898. The molecule has 0 bridgehead atoms. The second-order valence-corrected chi connectivity index (χ2v) is 7.00. The van der Waals surface area contributed by atoms with Gasteiger partial charge in [0.1, 0.15) is 5.38 Å². The standard InChI is InChI=1S/C22H22ClFN2O3.C3H6/c1-2-3-16-4-6-17(7-5-16)18-8-9-19(23)11-14-26-22(25-13-10-18)29-15-12-20(24)21(27)28;1-3-2/h2,4-7,10-11,13-14,18-20H,1,3,12,15H2,(H,25,26)(H,27,28);3H,1H2,2H3/b13-10+,14-11+;. The highest BCUT2D eigenvalue weighted by molar-refractivity contribution is 6.23. The average molecular weight is 459 g/mol. The number of alkyl halides is 2. The van der Waals surface area contributed by atoms with E-state index < -0.39 is 17.5 Å². The largest absolute Gasteiger partial charge is 0.479 e. The molecular formula is C25H28ClFN2O3. The van der Waals surface area contributed by atoms with Crippen LogP contribution in [0.5, 0.6) is 0 Å². The summed E-state index contributed by atoms with van der Waals surface area (Å²) in [6.45, 7) is 8.84. The molecule has 7 heteroatoms. The zero-order valence-electron chi connectivity index (χ0n) is 18.0. The van der Waals surface area contributed by atoms with Crippen LogP contribution in [0.2, 0.25) is 0 Å². The number of rotatable bonds is 7. The molecule has 1 heterocycles. The molecule has 1 aromatic carbocycles. The fraction of sp³-hybridized carbons (Fsp3) is 0.280. The predicted octanol–water partition coefficient (Wildman–Crippen LogP) is 5.12. The maximum absolute atomic E-state index is 13.2. The summed E-state index contributed by atoms with van der Waals surface area (Å²) in [5, 5.41) is 10.8. The third-order valence-electron chi connectivity index (χ3n) is 3.92. The lowest BCUT2D eigenvalue weighted by molar-refractivity contribution is -0.143. The van der Waals surface area contributed by atoms with Crippen molar-refractivity contribution < 1.29 is 19.0 Å². The first-order chi connectivity index (χ1) is 15.4. The zero-order chi connectivity index (χ0) is 23.8. The third kappa shape index (κ3) is 10.6. The van der Waals surface area contributed by atoms with Crippen LogP contribution in [0.4, 0.5) is 4.39 Å². The highest BCUT2D eigenvalue weighted by atomic mass is 35.5. The molecule has 3 atom stereocenters. The van der Waals surface area contributed by atoms with E-state index in [9.17, 15) is 9.18 Å². The van der Waals surface area contributed by atoms with Crippen molar-refractivity contribution in [3.05, 3.63) is 85.3 Å². The molecule has 32 heavy (non-hydrogen) atoms. The molecule has 1 aliphatic rings. The van der Waals surface area contributed by atoms with E-state index in [1.807, 2.05) is 37.3 Å². The quantitative estimate of drug-likeness (QED) is 0.338. The lowest BCUT2D eigenvalue weighted by atomic mass is 9.97. The van der Waals surface area contributed by atoms with E-state index in [0.717, 1.165) is 17.5 Å². The van der Waals surface area contributed by atoms with Crippen molar-refractivity contribution >= 4 is 23.6 Å². The van der Waals surface area contributed by atoms with Crippen LogP contribution in [-0.2, 0) is 16.0 Å². The van der Waals surface area contributed by atoms with Gasteiger partial charge in [-0.2, -0.15) is 0 Å². The van der Waals surface area contributed by atoms with Gasteiger partial charge in [-0.05, 0) is 36.6 Å². The summed E-state index contributed by atoms with van der Waals surface area (Å²) >= 11 is 6.19. The van der Waals surface area contributed by atoms with E-state index >= 15 is 0 Å². The van der Waals surface area contributed by atoms with Gasteiger partial charge in [-0.15, -0.1) is 24.8 Å². The topological polar surface area (TPSA) is 70.9 Å². The van der Waals surface area contributed by atoms with Crippen LogP contribution in [0.1, 0.15) is 30.4 Å². The van der Waals surface area contributed by atoms with E-state index in [4.69, 9.17) is 21.4 Å². The molecule has 1 aliphatic heterocycles. The highest BCUT2D eigenvalue weighted by Gasteiger charge is 2.15. The minimum absolute atomic E-state index is 0.0981. The number of halogens is 2. The first-order valence-electron chi connectivity index (χ1n) is 10.0. The van der Waals surface area contributed by atoms with Crippen molar-refractivity contribution in [1.29, 1.82) is 0 Å². The number of nitrogens with one attached hydrogen (secondary N) is 1. The van der Waals surface area contributed by atoms with Crippen molar-refractivity contribution in [1.82, 2.24) is 5.32 Å². The van der Waals surface area contributed by atoms with Gasteiger partial charge in [0.15, 0.2) is 6.17 Å². The monoisotopic (exact) mass is 458 g/mol. The summed E-state index contributed by atoms with van der Waals surface area (Å²) in [6, 6.07) is 8.12. The van der Waals surface area contributed by atoms with Crippen LogP contribution in [0, 0.1) is 11.8 Å². The van der Waals surface area contributed by atoms with Crippen molar-refractivity contribution in [2.45, 2.75) is 37.2 Å². The molecule has 2 N–H and O–H groups in total. The minimum atomic E-state index is -1.99. The molecule has 0 fully saturated rings. The number of nitrogens with zero attached hydrogens (tertiary/aromatic N) is 1. The number of aliphatic imine (C=N–C) groups is 1. The summed E-state index contributed by atoms with van der Waals surface area (Å²) in [5.74, 6) is 4.35. The molecule has 0 aromatic heterocycles. The Morgan fingerprint density at radius 2 is 2.03 bits per heavy atom. The van der Waals surface area contributed by atoms with E-state index in [1.165, 1.54) is 12.4 Å². The summed E-state index contributed by atoms with van der Waals surface area (Å²) in [7, 11) is 0. The SMILES string of the molecule is C=CC.C=CCc1ccc(C2C#CC(Cl)/C=C/NC(OCCC(F)C(=O)O)=N/C=C/2)cc1. The van der Waals surface area contributed by atoms with Gasteiger partial charge >= 0.3 is 5.97 Å². The van der Waals surface area contributed by atoms with Crippen molar-refractivity contribution in [3.63, 3.8) is 0 Å². The van der Waals surface area contributed by atoms with Crippen molar-refractivity contribution in [2.75, 3.05) is 6.61 Å². The lowest BCUT2D eigenvalue weighted by Crippen LogP contribution is -2.24. The average Bonchev–Trinajstić information content (AvgIpc) is 2.80. The maximum atomic E-state index is 13.2. The van der Waals surface area contributed by atoms with Crippen LogP contribution in [0.15, 0.2) is 79.1 Å². The first kappa shape index (κ1) is 26.7. The van der Waals surface area contributed by atoms with Gasteiger partial charge in [0.05, 0.1) is 12.5 Å². The predicted molar refractivity (Wildman–Crippen MR) is 128 cm³/mol. The minimum Gasteiger partial charge on any atom is -0.479 e. The molecule has 170 valence electrons. The Hall–Kier alpha value is -3.30. The number of allylic oxidation sites excluding steroid dienone is 4. The van der Waals surface area contributed by atoms with Crippen LogP contribution < -0.4 is 5.32 Å². The number of benzene rings is 1. The highest BCUT2D eigenvalue weighted by Crippen LogP contribution is 2.18. The fourth-order valence-corrected chi connectivity index (χ4v) is 2.52. The van der Waals surface area contributed by atoms with Crippen molar-refractivity contribution in [3.8, 4) is 11.8 Å². The molecule has 0 saturated carbocycles. The number of aliphatic carboxylic acids is 1. The van der Waals surface area contributed by atoms with E-state index in [-0.39, 0.29) is 25.0 Å². The molecule has 5 nitrogen and oxygen atoms in total. The molecule has 3 unspecified atom stereocenters. The Morgan fingerprint density at radius 1 is 1.34 bits per heavy atom. The van der Waals surface area contributed by atoms with Crippen LogP contribution in [0.3, 0.4) is 0 Å². The maximum Gasteiger partial charge on any atom is 0.338 e. The number of carboxylic acids is 1. The van der Waals surface area contributed by atoms with Crippen molar-refractivity contribution in [2.24, 2.45) is 4.99 Å². The Labute approximate surface area is 194 Å². The number of carbonyl (C=O) groups is 1. The van der Waals surface area contributed by atoms with Gasteiger partial charge in [-0.25, -0.2) is 14.2 Å². The Morgan fingerprint density at radius 3 is 2.66 bits per heavy atom. The number of carboxylic acid groups (broad SMARTS) is 1. The normalized spacial score (nSPS) is 20.2. The van der Waals surface area contributed by atoms with Crippen LogP contribution in [0.25, 0.3) is 0 Å². The van der Waals surface area contributed by atoms with E-state index in [1.54, 1.807) is 18.2 Å². The number of hydrogen-bond donors (Lipinski definition) is 2. The van der Waals surface area contributed by atoms with Gasteiger partial charge < -0.3 is 15.2 Å². The fourth-order valence-electron chi connectivity index (χ4n) is 2.39. The van der Waals surface area contributed by atoms with Gasteiger partial charge in [0.25, 0.3) is 6.02 Å². The Kier molecular flexibility index (Phi) is 12.9. The molecule has 0 radical (unpaired) electrons. The number of hydrogen-bond acceptors (Lipinski definition) is 4. The molecule has 2 rings (SSSR count). The second kappa shape index (κ2) is 15.5. The third-order valence-corrected chi connectivity index (χ3v) is 4.17. The molecule has 0 spiro atoms. The zero-order valence-corrected chi connectivity index (χ0v) is 18.8. The summed E-state index contributed by atoms with van der Waals surface area (Å²) < 4.78 is 18.5. The molecule has 1 aromatic rings. The van der Waals surface area contributed by atoms with Gasteiger partial charge in [-0.3, -0.25) is 0 Å². The second-order valence-electron chi connectivity index (χ2n) is 6.53. The smallest absolute Gasteiger partial charge is 0.338 e. The molecular weight excluding hydrogens is 431 g/mol. The number of ether oxygens (including phenoxy) is 1. The van der Waals surface area contributed by atoms with Crippen LogP contribution >= 0.6 is 11.6 Å². The van der Waals surface area contributed by atoms with E-state index in [2.05, 4.69) is 35.3 Å². The van der Waals surface area contributed by atoms with Gasteiger partial charge in [0.2, 0.25) is 0 Å². The molecule has 0 amide bonds. The summed E-state index contributed by atoms with van der Waals surface area (Å²) in [6.07, 6.45) is 8.58. The van der Waals surface area contributed by atoms with Gasteiger partial charge in [-0.1, -0.05) is 48.3 Å². The Balaban J connectivity index is 0.00000161. The molecule has 0 aliphatic carbocycles. The first-order valence-corrected chi connectivity index (χ1v) is 10.4. The lowest BCUT2D eigenvalue weighted by Gasteiger charge is -2.09.